The Labute approximate surface area is 172 Å². The zero-order valence-electron chi connectivity index (χ0n) is 16.7. The number of piperidine rings is 1. The van der Waals surface area contributed by atoms with Crippen molar-refractivity contribution in [2.24, 2.45) is 0 Å². The summed E-state index contributed by atoms with van der Waals surface area (Å²) in [6.07, 6.45) is 5.89. The van der Waals surface area contributed by atoms with Gasteiger partial charge >= 0.3 is 0 Å². The first-order chi connectivity index (χ1) is 13.9. The average molecular weight is 415 g/mol. The Bertz CT molecular complexity index is 992. The molecule has 154 valence electrons. The summed E-state index contributed by atoms with van der Waals surface area (Å²) in [5.74, 6) is 0.0380. The van der Waals surface area contributed by atoms with Crippen molar-refractivity contribution < 1.29 is 17.9 Å². The summed E-state index contributed by atoms with van der Waals surface area (Å²) < 4.78 is 32.6. The third kappa shape index (κ3) is 5.25. The molecule has 0 bridgehead atoms. The first-order valence-electron chi connectivity index (χ1n) is 9.64. The van der Waals surface area contributed by atoms with Crippen molar-refractivity contribution in [2.45, 2.75) is 31.1 Å². The van der Waals surface area contributed by atoms with Crippen molar-refractivity contribution in [1.29, 1.82) is 0 Å². The fraction of sp³-hybridized carbons (Fsp3) is 0.318. The number of aryl methyl sites for hydroxylation is 1. The van der Waals surface area contributed by atoms with Crippen LogP contribution in [0, 0.1) is 6.92 Å². The van der Waals surface area contributed by atoms with Gasteiger partial charge < -0.3 is 10.1 Å². The van der Waals surface area contributed by atoms with E-state index < -0.39 is 10.0 Å². The third-order valence-corrected chi connectivity index (χ3v) is 6.78. The minimum Gasteiger partial charge on any atom is -0.495 e. The Kier molecular flexibility index (Phi) is 6.71. The Morgan fingerprint density at radius 2 is 1.76 bits per heavy atom. The number of rotatable bonds is 6. The molecule has 0 spiro atoms. The number of methoxy groups -OCH3 is 1. The number of ether oxygens (including phenoxy) is 1. The van der Waals surface area contributed by atoms with Crippen LogP contribution in [0.15, 0.2) is 53.4 Å². The predicted molar refractivity (Wildman–Crippen MR) is 114 cm³/mol. The molecule has 1 saturated heterocycles. The molecule has 29 heavy (non-hydrogen) atoms. The van der Waals surface area contributed by atoms with Crippen molar-refractivity contribution in [3.63, 3.8) is 0 Å². The van der Waals surface area contributed by atoms with E-state index in [0.717, 1.165) is 30.4 Å². The Morgan fingerprint density at radius 3 is 2.41 bits per heavy atom. The smallest absolute Gasteiger partial charge is 0.248 e. The maximum Gasteiger partial charge on any atom is 0.248 e. The quantitative estimate of drug-likeness (QED) is 0.729. The van der Waals surface area contributed by atoms with Crippen LogP contribution in [0.4, 0.5) is 5.69 Å². The topological polar surface area (TPSA) is 75.7 Å². The summed E-state index contributed by atoms with van der Waals surface area (Å²) in [5, 5.41) is 2.72. The van der Waals surface area contributed by atoms with Gasteiger partial charge in [0, 0.05) is 19.2 Å². The first-order valence-corrected chi connectivity index (χ1v) is 11.1. The van der Waals surface area contributed by atoms with Crippen LogP contribution in [0.5, 0.6) is 5.75 Å². The maximum absolute atomic E-state index is 12.9. The van der Waals surface area contributed by atoms with Crippen LogP contribution < -0.4 is 10.1 Å². The molecule has 1 heterocycles. The Balaban J connectivity index is 1.79. The highest BCUT2D eigenvalue weighted by Crippen LogP contribution is 2.30. The van der Waals surface area contributed by atoms with Crippen LogP contribution in [-0.2, 0) is 14.8 Å². The van der Waals surface area contributed by atoms with Crippen LogP contribution in [0.3, 0.4) is 0 Å². The molecule has 1 aliphatic rings. The van der Waals surface area contributed by atoms with Crippen LogP contribution in [0.1, 0.15) is 30.4 Å². The number of anilines is 1. The third-order valence-electron chi connectivity index (χ3n) is 4.89. The van der Waals surface area contributed by atoms with Crippen LogP contribution in [0.2, 0.25) is 0 Å². The van der Waals surface area contributed by atoms with Crippen LogP contribution in [0.25, 0.3) is 6.08 Å². The molecule has 6 nitrogen and oxygen atoms in total. The zero-order valence-corrected chi connectivity index (χ0v) is 17.5. The van der Waals surface area contributed by atoms with Gasteiger partial charge in [-0.2, -0.15) is 4.31 Å². The SMILES string of the molecule is COc1ccc(S(=O)(=O)N2CCCCC2)cc1NC(=O)/C=C/c1ccc(C)cc1. The van der Waals surface area contributed by atoms with Gasteiger partial charge in [-0.3, -0.25) is 4.79 Å². The summed E-state index contributed by atoms with van der Waals surface area (Å²) >= 11 is 0. The molecule has 0 aromatic heterocycles. The number of benzene rings is 2. The minimum atomic E-state index is -3.60. The summed E-state index contributed by atoms with van der Waals surface area (Å²) in [7, 11) is -2.12. The molecule has 0 aliphatic carbocycles. The van der Waals surface area contributed by atoms with Gasteiger partial charge in [-0.1, -0.05) is 36.2 Å². The van der Waals surface area contributed by atoms with Crippen molar-refractivity contribution in [1.82, 2.24) is 4.31 Å². The number of nitrogens with one attached hydrogen (secondary N) is 1. The lowest BCUT2D eigenvalue weighted by Gasteiger charge is -2.26. The average Bonchev–Trinajstić information content (AvgIpc) is 2.74. The number of nitrogens with zero attached hydrogens (tertiary/aromatic N) is 1. The van der Waals surface area contributed by atoms with Gasteiger partial charge in [-0.15, -0.1) is 0 Å². The number of carbonyl (C=O) groups is 1. The predicted octanol–water partition coefficient (Wildman–Crippen LogP) is 3.83. The second kappa shape index (κ2) is 9.24. The summed E-state index contributed by atoms with van der Waals surface area (Å²) in [6.45, 7) is 3.04. The van der Waals surface area contributed by atoms with Gasteiger partial charge in [-0.25, -0.2) is 8.42 Å². The van der Waals surface area contributed by atoms with Gasteiger partial charge in [0.2, 0.25) is 15.9 Å². The van der Waals surface area contributed by atoms with E-state index in [1.165, 1.54) is 29.6 Å². The molecule has 0 radical (unpaired) electrons. The molecule has 7 heteroatoms. The van der Waals surface area contributed by atoms with Crippen LogP contribution >= 0.6 is 0 Å². The number of hydrogen-bond acceptors (Lipinski definition) is 4. The summed E-state index contributed by atoms with van der Waals surface area (Å²) in [6, 6.07) is 12.3. The molecule has 1 aliphatic heterocycles. The number of amides is 1. The molecule has 1 amide bonds. The van der Waals surface area contributed by atoms with Crippen molar-refractivity contribution in [3.8, 4) is 5.75 Å². The van der Waals surface area contributed by atoms with E-state index in [9.17, 15) is 13.2 Å². The first kappa shape index (κ1) is 21.1. The standard InChI is InChI=1S/C22H26N2O4S/c1-17-6-8-18(9-7-17)10-13-22(25)23-20-16-19(11-12-21(20)28-2)29(26,27)24-14-4-3-5-15-24/h6-13,16H,3-5,14-15H2,1-2H3,(H,23,25)/b13-10+. The van der Waals surface area contributed by atoms with E-state index in [2.05, 4.69) is 5.32 Å². The molecule has 0 unspecified atom stereocenters. The Hall–Kier alpha value is -2.64. The second-order valence-corrected chi connectivity index (χ2v) is 9.00. The molecular weight excluding hydrogens is 388 g/mol. The van der Waals surface area contributed by atoms with Crippen molar-refractivity contribution >= 4 is 27.7 Å². The molecule has 0 atom stereocenters. The number of hydrogen-bond donors (Lipinski definition) is 1. The normalized spacial score (nSPS) is 15.4. The minimum absolute atomic E-state index is 0.151. The monoisotopic (exact) mass is 414 g/mol. The fourth-order valence-corrected chi connectivity index (χ4v) is 4.77. The largest absolute Gasteiger partial charge is 0.495 e. The molecule has 3 rings (SSSR count). The van der Waals surface area contributed by atoms with E-state index in [-0.39, 0.29) is 10.8 Å². The molecule has 2 aromatic rings. The number of carbonyl (C=O) groups excluding carboxylic acids is 1. The maximum atomic E-state index is 12.9. The fourth-order valence-electron chi connectivity index (χ4n) is 3.22. The number of sulfonamides is 1. The lowest BCUT2D eigenvalue weighted by atomic mass is 10.1. The summed E-state index contributed by atoms with van der Waals surface area (Å²) in [4.78, 5) is 12.5. The second-order valence-electron chi connectivity index (χ2n) is 7.06. The lowest BCUT2D eigenvalue weighted by molar-refractivity contribution is -0.111. The van der Waals surface area contributed by atoms with Gasteiger partial charge in [0.1, 0.15) is 5.75 Å². The van der Waals surface area contributed by atoms with Gasteiger partial charge in [-0.05, 0) is 49.6 Å². The molecule has 1 fully saturated rings. The highest BCUT2D eigenvalue weighted by molar-refractivity contribution is 7.89. The van der Waals surface area contributed by atoms with E-state index in [1.54, 1.807) is 12.1 Å². The summed E-state index contributed by atoms with van der Waals surface area (Å²) in [5.41, 5.74) is 2.37. The zero-order chi connectivity index (χ0) is 20.9. The Morgan fingerprint density at radius 1 is 1.07 bits per heavy atom. The van der Waals surface area contributed by atoms with Crippen molar-refractivity contribution in [3.05, 3.63) is 59.7 Å². The van der Waals surface area contributed by atoms with Crippen LogP contribution in [-0.4, -0.2) is 38.8 Å². The van der Waals surface area contributed by atoms with E-state index >= 15 is 0 Å². The highest BCUT2D eigenvalue weighted by atomic mass is 32.2. The van der Waals surface area contributed by atoms with Gasteiger partial charge in [0.25, 0.3) is 0 Å². The van der Waals surface area contributed by atoms with Gasteiger partial charge in [0.15, 0.2) is 0 Å². The van der Waals surface area contributed by atoms with E-state index in [0.29, 0.717) is 24.5 Å². The molecule has 1 N–H and O–H groups in total. The molecule has 0 saturated carbocycles. The highest BCUT2D eigenvalue weighted by Gasteiger charge is 2.26. The molecule has 2 aromatic carbocycles. The van der Waals surface area contributed by atoms with E-state index in [1.807, 2.05) is 31.2 Å². The van der Waals surface area contributed by atoms with E-state index in [4.69, 9.17) is 4.74 Å². The van der Waals surface area contributed by atoms with Crippen molar-refractivity contribution in [2.75, 3.05) is 25.5 Å². The van der Waals surface area contributed by atoms with Gasteiger partial charge in [0.05, 0.1) is 17.7 Å². The lowest BCUT2D eigenvalue weighted by Crippen LogP contribution is -2.35. The molecular formula is C22H26N2O4S.